The van der Waals surface area contributed by atoms with E-state index in [-0.39, 0.29) is 5.91 Å². The minimum atomic E-state index is 0.263. The summed E-state index contributed by atoms with van der Waals surface area (Å²) in [5.41, 5.74) is 1.98. The van der Waals surface area contributed by atoms with Crippen LogP contribution in [-0.2, 0) is 17.9 Å². The molecule has 4 heterocycles. The second kappa shape index (κ2) is 6.40. The summed E-state index contributed by atoms with van der Waals surface area (Å²) in [5.74, 6) is 1.26. The first kappa shape index (κ1) is 15.4. The Kier molecular flexibility index (Phi) is 4.10. The molecule has 0 saturated carbocycles. The van der Waals surface area contributed by atoms with E-state index in [1.165, 1.54) is 0 Å². The summed E-state index contributed by atoms with van der Waals surface area (Å²) in [6.07, 6.45) is 4.33. The average molecular weight is 325 g/mol. The molecule has 2 atom stereocenters. The standard InChI is InChI=1S/C19H23N3O2/c1-14-4-2-5-15(20-14)12-22-18-9-10-21(13-16-6-3-11-24-16)17(18)7-8-19(22)23/h2-6,11,17-18H,7-10,12-13H2,1H3/t17-,18-/m1/s1. The van der Waals surface area contributed by atoms with Crippen molar-refractivity contribution in [2.75, 3.05) is 6.54 Å². The number of pyridine rings is 1. The van der Waals surface area contributed by atoms with Crippen molar-refractivity contribution < 1.29 is 9.21 Å². The summed E-state index contributed by atoms with van der Waals surface area (Å²) >= 11 is 0. The van der Waals surface area contributed by atoms with E-state index in [2.05, 4.69) is 14.8 Å². The smallest absolute Gasteiger partial charge is 0.223 e. The quantitative estimate of drug-likeness (QED) is 0.867. The van der Waals surface area contributed by atoms with E-state index in [9.17, 15) is 4.79 Å². The Morgan fingerprint density at radius 1 is 1.17 bits per heavy atom. The number of rotatable bonds is 4. The van der Waals surface area contributed by atoms with Gasteiger partial charge in [-0.25, -0.2) is 0 Å². The summed E-state index contributed by atoms with van der Waals surface area (Å²) in [6, 6.07) is 10.7. The predicted octanol–water partition coefficient (Wildman–Crippen LogP) is 2.75. The van der Waals surface area contributed by atoms with Gasteiger partial charge >= 0.3 is 0 Å². The number of carbonyl (C=O) groups excluding carboxylic acids is 1. The van der Waals surface area contributed by atoms with Crippen molar-refractivity contribution in [2.24, 2.45) is 0 Å². The van der Waals surface area contributed by atoms with Gasteiger partial charge in [-0.05, 0) is 44.0 Å². The lowest BCUT2D eigenvalue weighted by Gasteiger charge is -2.39. The number of aromatic nitrogens is 1. The van der Waals surface area contributed by atoms with Crippen LogP contribution in [0.5, 0.6) is 0 Å². The van der Waals surface area contributed by atoms with Crippen molar-refractivity contribution in [3.8, 4) is 0 Å². The van der Waals surface area contributed by atoms with Gasteiger partial charge in [-0.15, -0.1) is 0 Å². The molecule has 0 bridgehead atoms. The average Bonchev–Trinajstić information content (AvgIpc) is 3.21. The highest BCUT2D eigenvalue weighted by molar-refractivity contribution is 5.77. The molecule has 2 saturated heterocycles. The normalized spacial score (nSPS) is 24.4. The van der Waals surface area contributed by atoms with Crippen LogP contribution in [0.3, 0.4) is 0 Å². The molecular formula is C19H23N3O2. The molecule has 0 aliphatic carbocycles. The number of carbonyl (C=O) groups is 1. The fourth-order valence-corrected chi connectivity index (χ4v) is 4.10. The number of furan rings is 1. The van der Waals surface area contributed by atoms with Gasteiger partial charge in [0.05, 0.1) is 25.0 Å². The SMILES string of the molecule is Cc1cccc(CN2C(=O)CC[C@@H]3[C@H]2CCN3Cc2ccco2)n1. The van der Waals surface area contributed by atoms with E-state index in [1.54, 1.807) is 6.26 Å². The molecule has 0 unspecified atom stereocenters. The number of fused-ring (bicyclic) bond motifs is 1. The summed E-state index contributed by atoms with van der Waals surface area (Å²) < 4.78 is 5.50. The Morgan fingerprint density at radius 3 is 2.88 bits per heavy atom. The number of hydrogen-bond acceptors (Lipinski definition) is 4. The molecule has 0 spiro atoms. The molecule has 4 rings (SSSR count). The summed E-state index contributed by atoms with van der Waals surface area (Å²) in [7, 11) is 0. The van der Waals surface area contributed by atoms with Crippen LogP contribution in [0.15, 0.2) is 41.0 Å². The van der Waals surface area contributed by atoms with E-state index in [0.717, 1.165) is 43.1 Å². The third-order valence-electron chi connectivity index (χ3n) is 5.22. The van der Waals surface area contributed by atoms with Crippen LogP contribution >= 0.6 is 0 Å². The monoisotopic (exact) mass is 325 g/mol. The first-order valence-corrected chi connectivity index (χ1v) is 8.69. The van der Waals surface area contributed by atoms with Gasteiger partial charge in [0.1, 0.15) is 5.76 Å². The number of hydrogen-bond donors (Lipinski definition) is 0. The molecule has 0 N–H and O–H groups in total. The fourth-order valence-electron chi connectivity index (χ4n) is 4.10. The van der Waals surface area contributed by atoms with Gasteiger partial charge < -0.3 is 9.32 Å². The fraction of sp³-hybridized carbons (Fsp3) is 0.474. The zero-order valence-electron chi connectivity index (χ0n) is 14.0. The number of aryl methyl sites for hydroxylation is 1. The summed E-state index contributed by atoms with van der Waals surface area (Å²) in [4.78, 5) is 21.6. The Labute approximate surface area is 142 Å². The van der Waals surface area contributed by atoms with E-state index < -0.39 is 0 Å². The van der Waals surface area contributed by atoms with E-state index in [0.29, 0.717) is 25.0 Å². The van der Waals surface area contributed by atoms with E-state index in [4.69, 9.17) is 4.42 Å². The van der Waals surface area contributed by atoms with Crippen LogP contribution < -0.4 is 0 Å². The lowest BCUT2D eigenvalue weighted by molar-refractivity contribution is -0.138. The van der Waals surface area contributed by atoms with Crippen molar-refractivity contribution in [3.05, 3.63) is 53.7 Å². The van der Waals surface area contributed by atoms with Gasteiger partial charge in [0.15, 0.2) is 0 Å². The molecule has 1 amide bonds. The van der Waals surface area contributed by atoms with E-state index in [1.807, 2.05) is 37.3 Å². The summed E-state index contributed by atoms with van der Waals surface area (Å²) in [6.45, 7) is 4.46. The molecule has 2 aromatic heterocycles. The molecule has 126 valence electrons. The van der Waals surface area contributed by atoms with Gasteiger partial charge in [0, 0.05) is 30.7 Å². The molecule has 5 heteroatoms. The highest BCUT2D eigenvalue weighted by Gasteiger charge is 2.43. The molecule has 2 fully saturated rings. The van der Waals surface area contributed by atoms with Crippen molar-refractivity contribution >= 4 is 5.91 Å². The maximum Gasteiger partial charge on any atom is 0.223 e. The third-order valence-corrected chi connectivity index (χ3v) is 5.22. The molecule has 0 radical (unpaired) electrons. The molecule has 0 aromatic carbocycles. The third kappa shape index (κ3) is 2.96. The van der Waals surface area contributed by atoms with E-state index >= 15 is 0 Å². The van der Waals surface area contributed by atoms with Crippen LogP contribution in [-0.4, -0.2) is 39.3 Å². The van der Waals surface area contributed by atoms with Gasteiger partial charge in [-0.2, -0.15) is 0 Å². The maximum atomic E-state index is 12.5. The highest BCUT2D eigenvalue weighted by atomic mass is 16.3. The maximum absolute atomic E-state index is 12.5. The number of piperidine rings is 1. The van der Waals surface area contributed by atoms with Crippen molar-refractivity contribution in [2.45, 2.75) is 51.4 Å². The minimum Gasteiger partial charge on any atom is -0.468 e. The number of nitrogens with zero attached hydrogens (tertiary/aromatic N) is 3. The Morgan fingerprint density at radius 2 is 2.08 bits per heavy atom. The van der Waals surface area contributed by atoms with Crippen molar-refractivity contribution in [3.63, 3.8) is 0 Å². The Hall–Kier alpha value is -2.14. The molecule has 5 nitrogen and oxygen atoms in total. The Balaban J connectivity index is 1.50. The second-order valence-electron chi connectivity index (χ2n) is 6.80. The largest absolute Gasteiger partial charge is 0.468 e. The number of amides is 1. The van der Waals surface area contributed by atoms with Crippen LogP contribution in [0, 0.1) is 6.92 Å². The lowest BCUT2D eigenvalue weighted by Crippen LogP contribution is -2.51. The van der Waals surface area contributed by atoms with Crippen LogP contribution in [0.2, 0.25) is 0 Å². The topological polar surface area (TPSA) is 49.6 Å². The first-order chi connectivity index (χ1) is 11.7. The molecule has 2 aliphatic rings. The van der Waals surface area contributed by atoms with Crippen molar-refractivity contribution in [1.29, 1.82) is 0 Å². The first-order valence-electron chi connectivity index (χ1n) is 8.69. The minimum absolute atomic E-state index is 0.263. The van der Waals surface area contributed by atoms with Crippen LogP contribution in [0.4, 0.5) is 0 Å². The second-order valence-corrected chi connectivity index (χ2v) is 6.80. The summed E-state index contributed by atoms with van der Waals surface area (Å²) in [5, 5.41) is 0. The molecule has 24 heavy (non-hydrogen) atoms. The molecule has 2 aromatic rings. The zero-order chi connectivity index (χ0) is 16.5. The molecule has 2 aliphatic heterocycles. The zero-order valence-corrected chi connectivity index (χ0v) is 14.0. The van der Waals surface area contributed by atoms with Gasteiger partial charge in [0.25, 0.3) is 0 Å². The van der Waals surface area contributed by atoms with Gasteiger partial charge in [0.2, 0.25) is 5.91 Å². The van der Waals surface area contributed by atoms with Crippen molar-refractivity contribution in [1.82, 2.24) is 14.8 Å². The highest BCUT2D eigenvalue weighted by Crippen LogP contribution is 2.33. The lowest BCUT2D eigenvalue weighted by atomic mass is 9.96. The van der Waals surface area contributed by atoms with Gasteiger partial charge in [-0.3, -0.25) is 14.7 Å². The van der Waals surface area contributed by atoms with Gasteiger partial charge in [-0.1, -0.05) is 6.07 Å². The van der Waals surface area contributed by atoms with Crippen LogP contribution in [0.1, 0.15) is 36.4 Å². The Bertz CT molecular complexity index is 713. The molecular weight excluding hydrogens is 302 g/mol. The van der Waals surface area contributed by atoms with Crippen LogP contribution in [0.25, 0.3) is 0 Å². The number of likely N-dealkylation sites (tertiary alicyclic amines) is 2. The predicted molar refractivity (Wildman–Crippen MR) is 90.1 cm³/mol.